The van der Waals surface area contributed by atoms with Gasteiger partial charge in [0, 0.05) is 12.8 Å². The molecule has 0 aliphatic carbocycles. The van der Waals surface area contributed by atoms with Crippen LogP contribution in [0.4, 0.5) is 0 Å². The van der Waals surface area contributed by atoms with Crippen molar-refractivity contribution in [1.29, 1.82) is 0 Å². The fourth-order valence-electron chi connectivity index (χ4n) is 7.69. The van der Waals surface area contributed by atoms with Crippen LogP contribution in [0.5, 0.6) is 0 Å². The Morgan fingerprint density at radius 3 is 1.30 bits per heavy atom. The maximum Gasteiger partial charge on any atom is 0.305 e. The van der Waals surface area contributed by atoms with Gasteiger partial charge in [0.1, 0.15) is 0 Å². The third kappa shape index (κ3) is 42.2. The van der Waals surface area contributed by atoms with Crippen LogP contribution in [0.2, 0.25) is 0 Å². The molecule has 0 rings (SSSR count). The Morgan fingerprint density at radius 2 is 0.839 bits per heavy atom. The summed E-state index contributed by atoms with van der Waals surface area (Å²) in [5.41, 5.74) is 0. The lowest BCUT2D eigenvalue weighted by Crippen LogP contribution is -2.45. The van der Waals surface area contributed by atoms with Gasteiger partial charge >= 0.3 is 5.97 Å². The lowest BCUT2D eigenvalue weighted by atomic mass is 10.0. The Balaban J connectivity index is 3.48. The van der Waals surface area contributed by atoms with E-state index < -0.39 is 12.1 Å². The van der Waals surface area contributed by atoms with Crippen molar-refractivity contribution in [1.82, 2.24) is 5.32 Å². The molecular weight excluding hydrogens is 695 g/mol. The minimum atomic E-state index is -0.675. The summed E-state index contributed by atoms with van der Waals surface area (Å²) in [6, 6.07) is -0.554. The Hall–Kier alpha value is -1.40. The number of amides is 1. The molecule has 0 spiro atoms. The number of allylic oxidation sites excluding steroid dienone is 2. The highest BCUT2D eigenvalue weighted by atomic mass is 16.5. The first-order chi connectivity index (χ1) is 27.5. The quantitative estimate of drug-likeness (QED) is 0.0324. The maximum absolute atomic E-state index is 12.4. The fourth-order valence-corrected chi connectivity index (χ4v) is 7.69. The molecule has 3 N–H and O–H groups in total. The van der Waals surface area contributed by atoms with Gasteiger partial charge in [0.2, 0.25) is 5.91 Å². The molecule has 332 valence electrons. The molecule has 1 amide bonds. The first kappa shape index (κ1) is 54.6. The number of ether oxygens (including phenoxy) is 1. The van der Waals surface area contributed by atoms with Crippen LogP contribution in [0, 0.1) is 0 Å². The fraction of sp³-hybridized carbons (Fsp3) is 0.920. The van der Waals surface area contributed by atoms with Crippen molar-refractivity contribution in [3.63, 3.8) is 0 Å². The zero-order chi connectivity index (χ0) is 40.8. The Labute approximate surface area is 349 Å². The van der Waals surface area contributed by atoms with Crippen molar-refractivity contribution >= 4 is 11.9 Å². The molecule has 6 heteroatoms. The standard InChI is InChI=1S/C50H97NO5/c1-3-5-7-9-11-13-15-17-18-19-20-22-26-30-34-38-42-48(53)47(46-52)51-49(54)43-39-35-31-27-23-21-25-29-33-37-41-45-56-50(55)44-40-36-32-28-24-16-14-12-10-8-6-4-2/h12,14,47-48,52-53H,3-11,13,15-46H2,1-2H3,(H,51,54)/b14-12-. The monoisotopic (exact) mass is 792 g/mol. The second kappa shape index (κ2) is 46.3. The second-order valence-electron chi connectivity index (χ2n) is 17.1. The Bertz CT molecular complexity index is 832. The topological polar surface area (TPSA) is 95.9 Å². The number of esters is 1. The van der Waals surface area contributed by atoms with E-state index in [2.05, 4.69) is 31.3 Å². The van der Waals surface area contributed by atoms with E-state index in [1.165, 1.54) is 180 Å². The summed E-state index contributed by atoms with van der Waals surface area (Å²) >= 11 is 0. The zero-order valence-corrected chi connectivity index (χ0v) is 37.6. The molecule has 2 unspecified atom stereocenters. The van der Waals surface area contributed by atoms with Crippen molar-refractivity contribution in [2.75, 3.05) is 13.2 Å². The zero-order valence-electron chi connectivity index (χ0n) is 37.6. The highest BCUT2D eigenvalue weighted by Gasteiger charge is 2.20. The van der Waals surface area contributed by atoms with Crippen molar-refractivity contribution in [2.24, 2.45) is 0 Å². The third-order valence-electron chi connectivity index (χ3n) is 11.6. The van der Waals surface area contributed by atoms with Gasteiger partial charge in [-0.1, -0.05) is 219 Å². The van der Waals surface area contributed by atoms with Crippen LogP contribution in [0.3, 0.4) is 0 Å². The van der Waals surface area contributed by atoms with E-state index in [1.807, 2.05) is 0 Å². The molecule has 0 bridgehead atoms. The average Bonchev–Trinajstić information content (AvgIpc) is 3.20. The molecule has 0 saturated carbocycles. The summed E-state index contributed by atoms with van der Waals surface area (Å²) in [6.45, 7) is 4.89. The Morgan fingerprint density at radius 1 is 0.482 bits per heavy atom. The first-order valence-electron chi connectivity index (χ1n) is 24.9. The lowest BCUT2D eigenvalue weighted by molar-refractivity contribution is -0.143. The molecule has 0 radical (unpaired) electrons. The minimum absolute atomic E-state index is 0.0234. The largest absolute Gasteiger partial charge is 0.466 e. The number of hydrogen-bond acceptors (Lipinski definition) is 5. The summed E-state index contributed by atoms with van der Waals surface area (Å²) in [4.78, 5) is 24.4. The Kier molecular flexibility index (Phi) is 45.1. The molecule has 0 fully saturated rings. The third-order valence-corrected chi connectivity index (χ3v) is 11.6. The van der Waals surface area contributed by atoms with E-state index in [0.717, 1.165) is 57.8 Å². The van der Waals surface area contributed by atoms with Crippen molar-refractivity contribution in [3.05, 3.63) is 12.2 Å². The van der Waals surface area contributed by atoms with Crippen LogP contribution in [-0.2, 0) is 14.3 Å². The smallest absolute Gasteiger partial charge is 0.305 e. The summed E-state index contributed by atoms with van der Waals surface area (Å²) < 4.78 is 5.44. The van der Waals surface area contributed by atoms with Gasteiger partial charge in [-0.2, -0.15) is 0 Å². The molecule has 0 aromatic heterocycles. The molecule has 0 aliphatic heterocycles. The van der Waals surface area contributed by atoms with Crippen LogP contribution >= 0.6 is 0 Å². The molecular formula is C50H97NO5. The van der Waals surface area contributed by atoms with Crippen LogP contribution in [0.1, 0.15) is 271 Å². The number of aliphatic hydroxyl groups excluding tert-OH is 2. The van der Waals surface area contributed by atoms with E-state index >= 15 is 0 Å². The number of nitrogens with one attached hydrogen (secondary N) is 1. The van der Waals surface area contributed by atoms with Crippen LogP contribution < -0.4 is 5.32 Å². The van der Waals surface area contributed by atoms with E-state index in [-0.39, 0.29) is 18.5 Å². The highest BCUT2D eigenvalue weighted by Crippen LogP contribution is 2.16. The van der Waals surface area contributed by atoms with E-state index in [1.54, 1.807) is 0 Å². The van der Waals surface area contributed by atoms with Crippen molar-refractivity contribution in [2.45, 2.75) is 283 Å². The predicted molar refractivity (Wildman–Crippen MR) is 241 cm³/mol. The normalized spacial score (nSPS) is 12.7. The summed E-state index contributed by atoms with van der Waals surface area (Å²) in [6.07, 6.45) is 51.7. The van der Waals surface area contributed by atoms with Crippen LogP contribution in [0.15, 0.2) is 12.2 Å². The van der Waals surface area contributed by atoms with E-state index in [9.17, 15) is 19.8 Å². The number of carbonyl (C=O) groups is 2. The van der Waals surface area contributed by atoms with Gasteiger partial charge < -0.3 is 20.3 Å². The van der Waals surface area contributed by atoms with Gasteiger partial charge in [-0.15, -0.1) is 0 Å². The number of hydrogen-bond donors (Lipinski definition) is 3. The number of aliphatic hydroxyl groups is 2. The summed E-state index contributed by atoms with van der Waals surface area (Å²) in [5, 5.41) is 23.2. The van der Waals surface area contributed by atoms with Gasteiger partial charge in [-0.3, -0.25) is 9.59 Å². The summed E-state index contributed by atoms with van der Waals surface area (Å²) in [7, 11) is 0. The highest BCUT2D eigenvalue weighted by molar-refractivity contribution is 5.76. The summed E-state index contributed by atoms with van der Waals surface area (Å²) in [5.74, 6) is -0.0766. The van der Waals surface area contributed by atoms with Crippen LogP contribution in [-0.4, -0.2) is 47.4 Å². The first-order valence-corrected chi connectivity index (χ1v) is 24.9. The molecule has 0 saturated heterocycles. The number of carbonyl (C=O) groups excluding carboxylic acids is 2. The minimum Gasteiger partial charge on any atom is -0.466 e. The van der Waals surface area contributed by atoms with E-state index in [4.69, 9.17) is 4.74 Å². The lowest BCUT2D eigenvalue weighted by Gasteiger charge is -2.22. The number of rotatable bonds is 46. The second-order valence-corrected chi connectivity index (χ2v) is 17.1. The predicted octanol–water partition coefficient (Wildman–Crippen LogP) is 14.6. The van der Waals surface area contributed by atoms with Gasteiger partial charge in [0.05, 0.1) is 25.4 Å². The SMILES string of the molecule is CCCCC/C=C\CCCCCCCC(=O)OCCCCCCCCCCCCCC(=O)NC(CO)C(O)CCCCCCCCCCCCCCCCCC. The van der Waals surface area contributed by atoms with Crippen molar-refractivity contribution in [3.8, 4) is 0 Å². The van der Waals surface area contributed by atoms with Crippen LogP contribution in [0.25, 0.3) is 0 Å². The number of unbranched alkanes of at least 4 members (excludes halogenated alkanes) is 33. The molecule has 2 atom stereocenters. The molecule has 0 heterocycles. The molecule has 0 aliphatic rings. The molecule has 0 aromatic carbocycles. The van der Waals surface area contributed by atoms with Gasteiger partial charge in [-0.05, 0) is 51.4 Å². The van der Waals surface area contributed by atoms with E-state index in [0.29, 0.717) is 25.9 Å². The van der Waals surface area contributed by atoms with Crippen molar-refractivity contribution < 1.29 is 24.5 Å². The van der Waals surface area contributed by atoms with Gasteiger partial charge in [-0.25, -0.2) is 0 Å². The van der Waals surface area contributed by atoms with Gasteiger partial charge in [0.25, 0.3) is 0 Å². The van der Waals surface area contributed by atoms with Gasteiger partial charge in [0.15, 0.2) is 0 Å². The molecule has 0 aromatic rings. The molecule has 56 heavy (non-hydrogen) atoms. The maximum atomic E-state index is 12.4. The molecule has 6 nitrogen and oxygen atoms in total. The average molecular weight is 792 g/mol.